The van der Waals surface area contributed by atoms with Crippen molar-refractivity contribution >= 4 is 17.3 Å². The molecular formula is C14H16N2O2S. The lowest BCUT2D eigenvalue weighted by Gasteiger charge is -1.99. The fraction of sp³-hybridized carbons (Fsp3) is 0.286. The molecule has 0 atom stereocenters. The highest BCUT2D eigenvalue weighted by atomic mass is 32.1. The molecule has 100 valence electrons. The van der Waals surface area contributed by atoms with Crippen molar-refractivity contribution in [2.24, 2.45) is 5.73 Å². The fourth-order valence-corrected chi connectivity index (χ4v) is 2.65. The number of aromatic nitrogens is 1. The van der Waals surface area contributed by atoms with Crippen LogP contribution in [0.2, 0.25) is 0 Å². The molecule has 2 aromatic rings. The number of rotatable bonds is 4. The van der Waals surface area contributed by atoms with Crippen molar-refractivity contribution in [2.45, 2.75) is 20.4 Å². The lowest BCUT2D eigenvalue weighted by molar-refractivity contribution is 0.0531. The van der Waals surface area contributed by atoms with Gasteiger partial charge in [0.25, 0.3) is 0 Å². The van der Waals surface area contributed by atoms with E-state index in [0.717, 1.165) is 16.1 Å². The second-order valence-electron chi connectivity index (χ2n) is 4.06. The molecule has 0 radical (unpaired) electrons. The molecule has 4 nitrogen and oxygen atoms in total. The van der Waals surface area contributed by atoms with Crippen molar-refractivity contribution in [2.75, 3.05) is 6.61 Å². The van der Waals surface area contributed by atoms with Crippen molar-refractivity contribution < 1.29 is 9.53 Å². The molecule has 0 unspecified atom stereocenters. The van der Waals surface area contributed by atoms with E-state index in [1.54, 1.807) is 6.92 Å². The summed E-state index contributed by atoms with van der Waals surface area (Å²) in [5.74, 6) is -0.303. The second-order valence-corrected chi connectivity index (χ2v) is 5.05. The van der Waals surface area contributed by atoms with Gasteiger partial charge < -0.3 is 10.5 Å². The largest absolute Gasteiger partial charge is 0.462 e. The smallest absolute Gasteiger partial charge is 0.350 e. The van der Waals surface area contributed by atoms with E-state index in [1.165, 1.54) is 11.3 Å². The predicted molar refractivity (Wildman–Crippen MR) is 76.1 cm³/mol. The number of benzene rings is 1. The Labute approximate surface area is 116 Å². The molecule has 0 aliphatic rings. The van der Waals surface area contributed by atoms with Crippen LogP contribution in [-0.2, 0) is 11.3 Å². The summed E-state index contributed by atoms with van der Waals surface area (Å²) in [5, 5.41) is 0.823. The van der Waals surface area contributed by atoms with Crippen LogP contribution in [0.1, 0.15) is 27.9 Å². The summed E-state index contributed by atoms with van der Waals surface area (Å²) in [4.78, 5) is 16.7. The van der Waals surface area contributed by atoms with Crippen molar-refractivity contribution in [1.29, 1.82) is 0 Å². The van der Waals surface area contributed by atoms with Gasteiger partial charge in [-0.3, -0.25) is 0 Å². The first-order valence-electron chi connectivity index (χ1n) is 6.09. The minimum atomic E-state index is -0.303. The van der Waals surface area contributed by atoms with Gasteiger partial charge in [-0.15, -0.1) is 11.3 Å². The third-order valence-corrected chi connectivity index (χ3v) is 3.88. The molecular weight excluding hydrogens is 260 g/mol. The lowest BCUT2D eigenvalue weighted by Crippen LogP contribution is -2.03. The number of ether oxygens (including phenoxy) is 1. The van der Waals surface area contributed by atoms with Gasteiger partial charge in [0.05, 0.1) is 12.3 Å². The fourth-order valence-electron chi connectivity index (χ4n) is 1.69. The molecule has 0 spiro atoms. The summed E-state index contributed by atoms with van der Waals surface area (Å²) in [6, 6.07) is 7.87. The van der Waals surface area contributed by atoms with Crippen molar-refractivity contribution in [1.82, 2.24) is 4.98 Å². The number of hydrogen-bond acceptors (Lipinski definition) is 5. The van der Waals surface area contributed by atoms with E-state index in [2.05, 4.69) is 4.98 Å². The van der Waals surface area contributed by atoms with Gasteiger partial charge in [0.2, 0.25) is 0 Å². The number of carbonyl (C=O) groups is 1. The highest BCUT2D eigenvalue weighted by molar-refractivity contribution is 7.17. The quantitative estimate of drug-likeness (QED) is 0.872. The van der Waals surface area contributed by atoms with Crippen LogP contribution in [0.25, 0.3) is 10.6 Å². The van der Waals surface area contributed by atoms with Gasteiger partial charge in [0, 0.05) is 12.1 Å². The lowest BCUT2D eigenvalue weighted by atomic mass is 10.1. The molecule has 1 aromatic heterocycles. The number of esters is 1. The van der Waals surface area contributed by atoms with E-state index in [0.29, 0.717) is 23.7 Å². The SMILES string of the molecule is CCOC(=O)c1sc(-c2ccc(CN)cc2)nc1C. The van der Waals surface area contributed by atoms with Crippen LogP contribution < -0.4 is 5.73 Å². The molecule has 2 N–H and O–H groups in total. The van der Waals surface area contributed by atoms with Crippen LogP contribution in [0, 0.1) is 6.92 Å². The third-order valence-electron chi connectivity index (χ3n) is 2.69. The first-order chi connectivity index (χ1) is 9.15. The van der Waals surface area contributed by atoms with Crippen LogP contribution in [0.15, 0.2) is 24.3 Å². The molecule has 0 saturated heterocycles. The molecule has 0 bridgehead atoms. The predicted octanol–water partition coefficient (Wildman–Crippen LogP) is 2.75. The number of nitrogens with zero attached hydrogens (tertiary/aromatic N) is 1. The Hall–Kier alpha value is -1.72. The molecule has 0 fully saturated rings. The number of nitrogens with two attached hydrogens (primary N) is 1. The van der Waals surface area contributed by atoms with Gasteiger partial charge >= 0.3 is 5.97 Å². The maximum atomic E-state index is 11.7. The Balaban J connectivity index is 2.30. The molecule has 5 heteroatoms. The first-order valence-corrected chi connectivity index (χ1v) is 6.91. The maximum Gasteiger partial charge on any atom is 0.350 e. The maximum absolute atomic E-state index is 11.7. The molecule has 2 rings (SSSR count). The normalized spacial score (nSPS) is 10.5. The highest BCUT2D eigenvalue weighted by Crippen LogP contribution is 2.28. The van der Waals surface area contributed by atoms with Gasteiger partial charge in [-0.05, 0) is 19.4 Å². The van der Waals surface area contributed by atoms with E-state index in [1.807, 2.05) is 31.2 Å². The monoisotopic (exact) mass is 276 g/mol. The zero-order valence-electron chi connectivity index (χ0n) is 11.0. The summed E-state index contributed by atoms with van der Waals surface area (Å²) in [6.45, 7) is 4.50. The summed E-state index contributed by atoms with van der Waals surface area (Å²) >= 11 is 1.36. The number of carbonyl (C=O) groups excluding carboxylic acids is 1. The molecule has 0 aliphatic carbocycles. The van der Waals surface area contributed by atoms with Crippen LogP contribution in [0.4, 0.5) is 0 Å². The highest BCUT2D eigenvalue weighted by Gasteiger charge is 2.16. The zero-order valence-corrected chi connectivity index (χ0v) is 11.8. The van der Waals surface area contributed by atoms with E-state index in [4.69, 9.17) is 10.5 Å². The molecule has 1 heterocycles. The molecule has 19 heavy (non-hydrogen) atoms. The summed E-state index contributed by atoms with van der Waals surface area (Å²) in [7, 11) is 0. The Morgan fingerprint density at radius 3 is 2.63 bits per heavy atom. The van der Waals surface area contributed by atoms with Crippen LogP contribution in [0.3, 0.4) is 0 Å². The minimum Gasteiger partial charge on any atom is -0.462 e. The summed E-state index contributed by atoms with van der Waals surface area (Å²) in [5.41, 5.74) is 8.33. The van der Waals surface area contributed by atoms with Gasteiger partial charge in [-0.25, -0.2) is 9.78 Å². The molecule has 0 saturated carbocycles. The number of aryl methyl sites for hydroxylation is 1. The van der Waals surface area contributed by atoms with E-state index >= 15 is 0 Å². The van der Waals surface area contributed by atoms with Crippen LogP contribution in [-0.4, -0.2) is 17.6 Å². The Morgan fingerprint density at radius 2 is 2.05 bits per heavy atom. The first kappa shape index (κ1) is 13.7. The standard InChI is InChI=1S/C14H16N2O2S/c1-3-18-14(17)12-9(2)16-13(19-12)11-6-4-10(8-15)5-7-11/h4-7H,3,8,15H2,1-2H3. The minimum absolute atomic E-state index is 0.303. The van der Waals surface area contributed by atoms with Gasteiger partial charge in [-0.1, -0.05) is 24.3 Å². The average molecular weight is 276 g/mol. The molecule has 0 aliphatic heterocycles. The number of hydrogen-bond donors (Lipinski definition) is 1. The molecule has 1 aromatic carbocycles. The van der Waals surface area contributed by atoms with Crippen molar-refractivity contribution in [3.63, 3.8) is 0 Å². The Bertz CT molecular complexity index is 576. The Kier molecular flexibility index (Phi) is 4.29. The number of thiazole rings is 1. The van der Waals surface area contributed by atoms with Crippen molar-refractivity contribution in [3.05, 3.63) is 40.4 Å². The van der Waals surface area contributed by atoms with E-state index in [-0.39, 0.29) is 5.97 Å². The topological polar surface area (TPSA) is 65.2 Å². The average Bonchev–Trinajstić information content (AvgIpc) is 2.81. The zero-order chi connectivity index (χ0) is 13.8. The van der Waals surface area contributed by atoms with E-state index in [9.17, 15) is 4.79 Å². The van der Waals surface area contributed by atoms with Crippen molar-refractivity contribution in [3.8, 4) is 10.6 Å². The summed E-state index contributed by atoms with van der Waals surface area (Å²) < 4.78 is 5.01. The van der Waals surface area contributed by atoms with Crippen LogP contribution in [0.5, 0.6) is 0 Å². The Morgan fingerprint density at radius 1 is 1.37 bits per heavy atom. The second kappa shape index (κ2) is 5.95. The van der Waals surface area contributed by atoms with Gasteiger partial charge in [-0.2, -0.15) is 0 Å². The van der Waals surface area contributed by atoms with Crippen LogP contribution >= 0.6 is 11.3 Å². The summed E-state index contributed by atoms with van der Waals surface area (Å²) in [6.07, 6.45) is 0. The third kappa shape index (κ3) is 3.00. The van der Waals surface area contributed by atoms with Gasteiger partial charge in [0.15, 0.2) is 0 Å². The molecule has 0 amide bonds. The van der Waals surface area contributed by atoms with Gasteiger partial charge in [0.1, 0.15) is 9.88 Å². The van der Waals surface area contributed by atoms with E-state index < -0.39 is 0 Å².